The van der Waals surface area contributed by atoms with Crippen LogP contribution >= 0.6 is 0 Å². The quantitative estimate of drug-likeness (QED) is 0.566. The minimum atomic E-state index is -3.28. The van der Waals surface area contributed by atoms with Crippen LogP contribution in [0.15, 0.2) is 41.6 Å². The van der Waals surface area contributed by atoms with Crippen LogP contribution in [0.25, 0.3) is 5.57 Å². The molecule has 0 bridgehead atoms. The summed E-state index contributed by atoms with van der Waals surface area (Å²) in [7, 11) is -3.28. The Morgan fingerprint density at radius 3 is 2.56 bits per heavy atom. The second-order valence-electron chi connectivity index (χ2n) is 9.22. The minimum absolute atomic E-state index is 0.0328. The van der Waals surface area contributed by atoms with Crippen molar-refractivity contribution in [2.75, 3.05) is 13.2 Å². The van der Waals surface area contributed by atoms with Gasteiger partial charge in [-0.3, -0.25) is 14.8 Å². The number of aromatic nitrogens is 2. The fraction of sp³-hybridized carbons (Fsp3) is 0.480. The van der Waals surface area contributed by atoms with Crippen LogP contribution in [-0.4, -0.2) is 42.6 Å². The van der Waals surface area contributed by atoms with E-state index >= 15 is 0 Å². The van der Waals surface area contributed by atoms with E-state index in [1.807, 2.05) is 25.1 Å². The molecule has 1 unspecified atom stereocenters. The van der Waals surface area contributed by atoms with Gasteiger partial charge in [-0.15, -0.1) is 0 Å². The first kappa shape index (κ1) is 21.5. The third kappa shape index (κ3) is 4.55. The molecule has 0 spiro atoms. The molecule has 2 saturated carbocycles. The molecule has 1 saturated heterocycles. The molecule has 0 amide bonds. The van der Waals surface area contributed by atoms with Gasteiger partial charge < -0.3 is 4.74 Å². The molecule has 2 aromatic rings. The summed E-state index contributed by atoms with van der Waals surface area (Å²) in [5.74, 6) is 0.416. The Kier molecular flexibility index (Phi) is 5.72. The molecule has 1 aromatic carbocycles. The number of rotatable bonds is 8. The number of ether oxygens (including phenoxy) is 1. The number of benzene rings is 1. The number of sulfone groups is 1. The number of Topliss-reactive ketones (excluding diaryl/α,β-unsaturated/α-hetero) is 1. The van der Waals surface area contributed by atoms with Crippen molar-refractivity contribution in [3.05, 3.63) is 59.2 Å². The molecule has 5 rings (SSSR count). The average Bonchev–Trinajstić information content (AvgIpc) is 3.71. The van der Waals surface area contributed by atoms with Crippen molar-refractivity contribution in [1.29, 1.82) is 0 Å². The van der Waals surface area contributed by atoms with Crippen molar-refractivity contribution >= 4 is 21.2 Å². The number of ketones is 1. The molecule has 0 N–H and O–H groups in total. The van der Waals surface area contributed by atoms with Crippen LogP contribution in [0, 0.1) is 12.8 Å². The molecule has 7 heteroatoms. The van der Waals surface area contributed by atoms with Gasteiger partial charge in [0.25, 0.3) is 0 Å². The molecule has 2 aliphatic carbocycles. The fourth-order valence-electron chi connectivity index (χ4n) is 4.29. The predicted molar refractivity (Wildman–Crippen MR) is 121 cm³/mol. The maximum absolute atomic E-state index is 13.4. The summed E-state index contributed by atoms with van der Waals surface area (Å²) in [6.07, 6.45) is 9.85. The zero-order valence-electron chi connectivity index (χ0n) is 18.3. The van der Waals surface area contributed by atoms with Gasteiger partial charge in [0.15, 0.2) is 15.6 Å². The van der Waals surface area contributed by atoms with E-state index in [0.29, 0.717) is 29.4 Å². The largest absolute Gasteiger partial charge is 0.381 e. The maximum Gasteiger partial charge on any atom is 0.181 e. The first-order chi connectivity index (χ1) is 15.4. The van der Waals surface area contributed by atoms with Gasteiger partial charge in [-0.2, -0.15) is 0 Å². The summed E-state index contributed by atoms with van der Waals surface area (Å²) in [4.78, 5) is 22.4. The van der Waals surface area contributed by atoms with Crippen molar-refractivity contribution in [3.63, 3.8) is 0 Å². The molecular formula is C25H28N2O4S. The van der Waals surface area contributed by atoms with E-state index in [1.54, 1.807) is 18.5 Å². The summed E-state index contributed by atoms with van der Waals surface area (Å²) in [5, 5.41) is -0.238. The lowest BCUT2D eigenvalue weighted by Crippen LogP contribution is -2.13. The van der Waals surface area contributed by atoms with Gasteiger partial charge in [-0.1, -0.05) is 12.1 Å². The number of aryl methyl sites for hydroxylation is 1. The molecule has 3 aliphatic rings. The van der Waals surface area contributed by atoms with E-state index in [1.165, 1.54) is 0 Å². The number of hydrogen-bond donors (Lipinski definition) is 0. The molecule has 32 heavy (non-hydrogen) atoms. The SMILES string of the molecule is Cc1cnc(CC(=O)/C(=C/C2CCOC2)c2ccc(S(=O)(=O)C3CC3)c(C3CC3)c2)cn1. The lowest BCUT2D eigenvalue weighted by Gasteiger charge is -2.15. The maximum atomic E-state index is 13.4. The highest BCUT2D eigenvalue weighted by Crippen LogP contribution is 2.46. The number of hydrogen-bond acceptors (Lipinski definition) is 6. The van der Waals surface area contributed by atoms with E-state index in [-0.39, 0.29) is 29.3 Å². The highest BCUT2D eigenvalue weighted by atomic mass is 32.2. The minimum Gasteiger partial charge on any atom is -0.381 e. The zero-order valence-corrected chi connectivity index (χ0v) is 19.1. The molecule has 2 heterocycles. The van der Waals surface area contributed by atoms with Gasteiger partial charge in [0.05, 0.1) is 34.6 Å². The Labute approximate surface area is 189 Å². The highest BCUT2D eigenvalue weighted by Gasteiger charge is 2.40. The molecule has 0 radical (unpaired) electrons. The average molecular weight is 453 g/mol. The molecule has 6 nitrogen and oxygen atoms in total. The van der Waals surface area contributed by atoms with Crippen LogP contribution < -0.4 is 0 Å². The summed E-state index contributed by atoms with van der Waals surface area (Å²) in [6, 6.07) is 5.49. The van der Waals surface area contributed by atoms with Crippen LogP contribution in [0.5, 0.6) is 0 Å². The first-order valence-electron chi connectivity index (χ1n) is 11.4. The van der Waals surface area contributed by atoms with Crippen LogP contribution in [0.4, 0.5) is 0 Å². The van der Waals surface area contributed by atoms with E-state index in [2.05, 4.69) is 9.97 Å². The normalized spacial score (nSPS) is 21.7. The van der Waals surface area contributed by atoms with Crippen molar-refractivity contribution < 1.29 is 17.9 Å². The van der Waals surface area contributed by atoms with Gasteiger partial charge in [0, 0.05) is 30.5 Å². The van der Waals surface area contributed by atoms with Crippen LogP contribution in [0.3, 0.4) is 0 Å². The zero-order chi connectivity index (χ0) is 22.3. The van der Waals surface area contributed by atoms with Gasteiger partial charge in [0.2, 0.25) is 0 Å². The molecule has 1 aliphatic heterocycles. The van der Waals surface area contributed by atoms with Gasteiger partial charge in [-0.25, -0.2) is 8.42 Å². The highest BCUT2D eigenvalue weighted by molar-refractivity contribution is 7.92. The number of carbonyl (C=O) groups is 1. The first-order valence-corrected chi connectivity index (χ1v) is 12.9. The van der Waals surface area contributed by atoms with Gasteiger partial charge in [0.1, 0.15) is 0 Å². The number of allylic oxidation sites excluding steroid dienone is 1. The third-order valence-electron chi connectivity index (χ3n) is 6.45. The van der Waals surface area contributed by atoms with E-state index in [0.717, 1.165) is 48.9 Å². The number of nitrogens with zero attached hydrogens (tertiary/aromatic N) is 2. The van der Waals surface area contributed by atoms with Crippen LogP contribution in [-0.2, 0) is 25.8 Å². The third-order valence-corrected chi connectivity index (χ3v) is 8.79. The van der Waals surface area contributed by atoms with Crippen molar-refractivity contribution in [2.45, 2.75) is 61.5 Å². The summed E-state index contributed by atoms with van der Waals surface area (Å²) < 4.78 is 31.5. The Bertz CT molecular complexity index is 1160. The Morgan fingerprint density at radius 1 is 1.12 bits per heavy atom. The van der Waals surface area contributed by atoms with Crippen LogP contribution in [0.2, 0.25) is 0 Å². The standard InChI is InChI=1S/C25H28N2O4S/c1-16-13-27-20(14-26-16)12-24(28)22(10-17-8-9-31-15-17)19-4-7-25(23(11-19)18-2-3-18)32(29,30)21-5-6-21/h4,7,10-11,13-14,17-18,21H,2-3,5-6,8-9,12,15H2,1H3/b22-10+. The van der Waals surface area contributed by atoms with E-state index in [9.17, 15) is 13.2 Å². The fourth-order valence-corrected chi connectivity index (χ4v) is 6.21. The molecule has 1 aromatic heterocycles. The van der Waals surface area contributed by atoms with Gasteiger partial charge in [-0.05, 0) is 68.2 Å². The van der Waals surface area contributed by atoms with E-state index in [4.69, 9.17) is 4.74 Å². The Balaban J connectivity index is 1.51. The lowest BCUT2D eigenvalue weighted by molar-refractivity contribution is -0.113. The summed E-state index contributed by atoms with van der Waals surface area (Å²) in [6.45, 7) is 3.16. The molecule has 3 fully saturated rings. The smallest absolute Gasteiger partial charge is 0.181 e. The second kappa shape index (κ2) is 8.52. The van der Waals surface area contributed by atoms with Crippen molar-refractivity contribution in [1.82, 2.24) is 9.97 Å². The molecular weight excluding hydrogens is 424 g/mol. The Morgan fingerprint density at radius 2 is 1.94 bits per heavy atom. The lowest BCUT2D eigenvalue weighted by atomic mass is 9.92. The van der Waals surface area contributed by atoms with Crippen LogP contribution in [0.1, 0.15) is 60.5 Å². The topological polar surface area (TPSA) is 86.2 Å². The summed E-state index contributed by atoms with van der Waals surface area (Å²) in [5.41, 5.74) is 3.73. The van der Waals surface area contributed by atoms with Crippen molar-refractivity contribution in [3.8, 4) is 0 Å². The molecule has 168 valence electrons. The second-order valence-corrected chi connectivity index (χ2v) is 11.4. The predicted octanol–water partition coefficient (Wildman–Crippen LogP) is 3.83. The van der Waals surface area contributed by atoms with Gasteiger partial charge >= 0.3 is 0 Å². The number of carbonyl (C=O) groups excluding carboxylic acids is 1. The summed E-state index contributed by atoms with van der Waals surface area (Å²) >= 11 is 0. The molecule has 1 atom stereocenters. The van der Waals surface area contributed by atoms with Crippen molar-refractivity contribution in [2.24, 2.45) is 5.92 Å². The van der Waals surface area contributed by atoms with E-state index < -0.39 is 9.84 Å². The Hall–Kier alpha value is -2.38. The monoisotopic (exact) mass is 452 g/mol.